The largest absolute Gasteiger partial charge is 0.493 e. The van der Waals surface area contributed by atoms with Gasteiger partial charge in [0.25, 0.3) is 0 Å². The first-order valence-corrected chi connectivity index (χ1v) is 8.90. The molecule has 1 N–H and O–H groups in total. The molecule has 144 valence electrons. The van der Waals surface area contributed by atoms with Crippen molar-refractivity contribution in [3.63, 3.8) is 0 Å². The first-order valence-electron chi connectivity index (χ1n) is 8.90. The van der Waals surface area contributed by atoms with E-state index in [1.165, 1.54) is 11.6 Å². The van der Waals surface area contributed by atoms with E-state index in [2.05, 4.69) is 17.4 Å². The summed E-state index contributed by atoms with van der Waals surface area (Å²) in [6, 6.07) is 13.9. The standard InChI is InChI=1S/C22H27NO4/c1-16(10-11-17-8-6-5-7-9-17)23-20(24)15-13-18-12-14-19(25-2)22(27-4)21(18)26-3/h5-9,12-16H,10-11H2,1-4H3,(H,23,24)/b15-13+/t16-/m1/s1. The predicted molar refractivity (Wildman–Crippen MR) is 107 cm³/mol. The molecule has 0 heterocycles. The Labute approximate surface area is 161 Å². The summed E-state index contributed by atoms with van der Waals surface area (Å²) in [6.45, 7) is 2.01. The average Bonchev–Trinajstić information content (AvgIpc) is 2.70. The number of methoxy groups -OCH3 is 3. The lowest BCUT2D eigenvalue weighted by Gasteiger charge is -2.14. The molecule has 2 rings (SSSR count). The molecule has 0 spiro atoms. The highest BCUT2D eigenvalue weighted by molar-refractivity contribution is 5.92. The van der Waals surface area contributed by atoms with Gasteiger partial charge in [0, 0.05) is 17.7 Å². The van der Waals surface area contributed by atoms with Crippen LogP contribution in [0.15, 0.2) is 48.5 Å². The number of hydrogen-bond acceptors (Lipinski definition) is 4. The van der Waals surface area contributed by atoms with Crippen molar-refractivity contribution in [2.75, 3.05) is 21.3 Å². The summed E-state index contributed by atoms with van der Waals surface area (Å²) in [6.07, 6.45) is 5.02. The van der Waals surface area contributed by atoms with Gasteiger partial charge in [-0.3, -0.25) is 4.79 Å². The van der Waals surface area contributed by atoms with Crippen LogP contribution >= 0.6 is 0 Å². The molecule has 0 radical (unpaired) electrons. The van der Waals surface area contributed by atoms with Gasteiger partial charge < -0.3 is 19.5 Å². The van der Waals surface area contributed by atoms with Crippen LogP contribution in [-0.4, -0.2) is 33.3 Å². The van der Waals surface area contributed by atoms with E-state index in [-0.39, 0.29) is 11.9 Å². The number of aryl methyl sites for hydroxylation is 1. The van der Waals surface area contributed by atoms with Crippen LogP contribution in [-0.2, 0) is 11.2 Å². The third kappa shape index (κ3) is 5.78. The van der Waals surface area contributed by atoms with E-state index >= 15 is 0 Å². The molecule has 0 bridgehead atoms. The van der Waals surface area contributed by atoms with Crippen molar-refractivity contribution >= 4 is 12.0 Å². The van der Waals surface area contributed by atoms with E-state index in [1.807, 2.05) is 31.2 Å². The molecule has 1 atom stereocenters. The molecule has 0 fully saturated rings. The first kappa shape index (κ1) is 20.4. The summed E-state index contributed by atoms with van der Waals surface area (Å²) in [5, 5.41) is 2.99. The molecular weight excluding hydrogens is 342 g/mol. The van der Waals surface area contributed by atoms with Crippen molar-refractivity contribution in [2.45, 2.75) is 25.8 Å². The number of nitrogens with one attached hydrogen (secondary N) is 1. The van der Waals surface area contributed by atoms with Crippen LogP contribution in [0.1, 0.15) is 24.5 Å². The number of ether oxygens (including phenoxy) is 3. The van der Waals surface area contributed by atoms with E-state index in [1.54, 1.807) is 33.5 Å². The molecule has 0 unspecified atom stereocenters. The molecule has 0 aliphatic heterocycles. The van der Waals surface area contributed by atoms with Gasteiger partial charge in [-0.25, -0.2) is 0 Å². The summed E-state index contributed by atoms with van der Waals surface area (Å²) in [7, 11) is 4.67. The Morgan fingerprint density at radius 3 is 2.33 bits per heavy atom. The zero-order chi connectivity index (χ0) is 19.6. The van der Waals surface area contributed by atoms with Gasteiger partial charge in [0.15, 0.2) is 11.5 Å². The van der Waals surface area contributed by atoms with Crippen LogP contribution in [0.5, 0.6) is 17.2 Å². The minimum Gasteiger partial charge on any atom is -0.493 e. The second-order valence-corrected chi connectivity index (χ2v) is 6.19. The van der Waals surface area contributed by atoms with Crippen LogP contribution < -0.4 is 19.5 Å². The van der Waals surface area contributed by atoms with Crippen molar-refractivity contribution in [1.29, 1.82) is 0 Å². The molecule has 0 aliphatic carbocycles. The highest BCUT2D eigenvalue weighted by Gasteiger charge is 2.14. The summed E-state index contributed by atoms with van der Waals surface area (Å²) in [5.41, 5.74) is 2.01. The van der Waals surface area contributed by atoms with E-state index in [4.69, 9.17) is 14.2 Å². The number of carbonyl (C=O) groups is 1. The van der Waals surface area contributed by atoms with Gasteiger partial charge in [0.1, 0.15) is 0 Å². The first-order chi connectivity index (χ1) is 13.1. The Morgan fingerprint density at radius 1 is 1.00 bits per heavy atom. The highest BCUT2D eigenvalue weighted by Crippen LogP contribution is 2.40. The molecule has 5 heteroatoms. The van der Waals surface area contributed by atoms with Crippen LogP contribution in [0.3, 0.4) is 0 Å². The maximum atomic E-state index is 12.2. The van der Waals surface area contributed by atoms with E-state index < -0.39 is 0 Å². The topological polar surface area (TPSA) is 56.8 Å². The Kier molecular flexibility index (Phi) is 7.74. The van der Waals surface area contributed by atoms with Gasteiger partial charge in [-0.1, -0.05) is 30.3 Å². The number of benzene rings is 2. The van der Waals surface area contributed by atoms with Gasteiger partial charge in [0.2, 0.25) is 11.7 Å². The Morgan fingerprint density at radius 2 is 1.70 bits per heavy atom. The minimum absolute atomic E-state index is 0.0784. The maximum absolute atomic E-state index is 12.2. The molecule has 0 saturated carbocycles. The van der Waals surface area contributed by atoms with Crippen molar-refractivity contribution in [3.8, 4) is 17.2 Å². The van der Waals surface area contributed by atoms with E-state index in [0.717, 1.165) is 18.4 Å². The van der Waals surface area contributed by atoms with Crippen molar-refractivity contribution in [2.24, 2.45) is 0 Å². The van der Waals surface area contributed by atoms with Crippen LogP contribution in [0.25, 0.3) is 6.08 Å². The Bertz CT molecular complexity index is 771. The molecule has 5 nitrogen and oxygen atoms in total. The van der Waals surface area contributed by atoms with Gasteiger partial charge in [-0.15, -0.1) is 0 Å². The predicted octanol–water partition coefficient (Wildman–Crippen LogP) is 3.86. The van der Waals surface area contributed by atoms with Gasteiger partial charge in [-0.2, -0.15) is 0 Å². The fraction of sp³-hybridized carbons (Fsp3) is 0.318. The minimum atomic E-state index is -0.146. The maximum Gasteiger partial charge on any atom is 0.244 e. The van der Waals surface area contributed by atoms with Crippen LogP contribution in [0, 0.1) is 0 Å². The second-order valence-electron chi connectivity index (χ2n) is 6.19. The Hall–Kier alpha value is -2.95. The average molecular weight is 369 g/mol. The molecule has 0 aromatic heterocycles. The van der Waals surface area contributed by atoms with E-state index in [9.17, 15) is 4.79 Å². The SMILES string of the molecule is COc1ccc(/C=C/C(=O)N[C@H](C)CCc2ccccc2)c(OC)c1OC. The number of amides is 1. The van der Waals surface area contributed by atoms with Gasteiger partial charge >= 0.3 is 0 Å². The lowest BCUT2D eigenvalue weighted by Crippen LogP contribution is -2.31. The zero-order valence-electron chi connectivity index (χ0n) is 16.3. The third-order valence-electron chi connectivity index (χ3n) is 4.25. The normalized spacial score (nSPS) is 11.9. The summed E-state index contributed by atoms with van der Waals surface area (Å²) >= 11 is 0. The van der Waals surface area contributed by atoms with Crippen LogP contribution in [0.2, 0.25) is 0 Å². The van der Waals surface area contributed by atoms with Crippen molar-refractivity contribution in [1.82, 2.24) is 5.32 Å². The molecule has 2 aromatic carbocycles. The molecule has 0 aliphatic rings. The van der Waals surface area contributed by atoms with E-state index in [0.29, 0.717) is 17.2 Å². The summed E-state index contributed by atoms with van der Waals surface area (Å²) in [5.74, 6) is 1.45. The smallest absolute Gasteiger partial charge is 0.244 e. The molecule has 2 aromatic rings. The lowest BCUT2D eigenvalue weighted by atomic mass is 10.1. The summed E-state index contributed by atoms with van der Waals surface area (Å²) in [4.78, 5) is 12.2. The number of hydrogen-bond donors (Lipinski definition) is 1. The highest BCUT2D eigenvalue weighted by atomic mass is 16.5. The van der Waals surface area contributed by atoms with Crippen molar-refractivity contribution < 1.29 is 19.0 Å². The number of rotatable bonds is 9. The van der Waals surface area contributed by atoms with Crippen molar-refractivity contribution in [3.05, 3.63) is 59.7 Å². The van der Waals surface area contributed by atoms with Gasteiger partial charge in [-0.05, 0) is 43.5 Å². The number of carbonyl (C=O) groups excluding carboxylic acids is 1. The Balaban J connectivity index is 1.97. The molecule has 0 saturated heterocycles. The van der Waals surface area contributed by atoms with Gasteiger partial charge in [0.05, 0.1) is 21.3 Å². The third-order valence-corrected chi connectivity index (χ3v) is 4.25. The monoisotopic (exact) mass is 369 g/mol. The zero-order valence-corrected chi connectivity index (χ0v) is 16.3. The van der Waals surface area contributed by atoms with Crippen LogP contribution in [0.4, 0.5) is 0 Å². The summed E-state index contributed by atoms with van der Waals surface area (Å²) < 4.78 is 16.0. The fourth-order valence-electron chi connectivity index (χ4n) is 2.81. The molecular formula is C22H27NO4. The molecule has 27 heavy (non-hydrogen) atoms. The fourth-order valence-corrected chi connectivity index (χ4v) is 2.81. The molecule has 1 amide bonds. The quantitative estimate of drug-likeness (QED) is 0.682. The second kappa shape index (κ2) is 10.3. The lowest BCUT2D eigenvalue weighted by molar-refractivity contribution is -0.117.